The predicted molar refractivity (Wildman–Crippen MR) is 114 cm³/mol. The molecular weight excluding hydrogens is 374 g/mol. The molecule has 0 radical (unpaired) electrons. The van der Waals surface area contributed by atoms with Crippen LogP contribution in [0.3, 0.4) is 0 Å². The summed E-state index contributed by atoms with van der Waals surface area (Å²) < 4.78 is 0. The van der Waals surface area contributed by atoms with Crippen LogP contribution >= 0.6 is 11.8 Å². The molecule has 1 aromatic rings. The van der Waals surface area contributed by atoms with Crippen molar-refractivity contribution < 1.29 is 9.59 Å². The fraction of sp³-hybridized carbons (Fsp3) is 0.650. The summed E-state index contributed by atoms with van der Waals surface area (Å²) >= 11 is 1.92. The van der Waals surface area contributed by atoms with Crippen molar-refractivity contribution in [2.24, 2.45) is 0 Å². The Kier molecular flexibility index (Phi) is 7.42. The molecule has 2 saturated heterocycles. The lowest BCUT2D eigenvalue weighted by atomic mass is 10.0. The number of urea groups is 1. The Morgan fingerprint density at radius 2 is 2.11 bits per heavy atom. The fourth-order valence-electron chi connectivity index (χ4n) is 3.82. The molecule has 154 valence electrons. The second-order valence-electron chi connectivity index (χ2n) is 7.34. The number of fused-ring (bicyclic) bond motifs is 1. The highest BCUT2D eigenvalue weighted by molar-refractivity contribution is 8.00. The third-order valence-corrected chi connectivity index (χ3v) is 6.98. The van der Waals surface area contributed by atoms with Crippen LogP contribution in [0.25, 0.3) is 0 Å². The van der Waals surface area contributed by atoms with E-state index < -0.39 is 0 Å². The third kappa shape index (κ3) is 5.31. The van der Waals surface area contributed by atoms with Crippen LogP contribution in [-0.2, 0) is 11.3 Å². The molecule has 0 bridgehead atoms. The van der Waals surface area contributed by atoms with Gasteiger partial charge >= 0.3 is 6.03 Å². The summed E-state index contributed by atoms with van der Waals surface area (Å²) in [6.45, 7) is 6.62. The van der Waals surface area contributed by atoms with Crippen molar-refractivity contribution in [1.29, 1.82) is 0 Å². The number of rotatable bonds is 10. The van der Waals surface area contributed by atoms with Crippen LogP contribution in [0.15, 0.2) is 18.3 Å². The first kappa shape index (κ1) is 20.8. The number of amides is 3. The minimum Gasteiger partial charge on any atom is -0.357 e. The van der Waals surface area contributed by atoms with E-state index in [9.17, 15) is 9.59 Å². The molecule has 0 unspecified atom stereocenters. The van der Waals surface area contributed by atoms with Gasteiger partial charge in [-0.3, -0.25) is 4.79 Å². The molecule has 7 nitrogen and oxygen atoms in total. The molecule has 2 aliphatic rings. The Morgan fingerprint density at radius 3 is 2.82 bits per heavy atom. The predicted octanol–water partition coefficient (Wildman–Crippen LogP) is 2.27. The monoisotopic (exact) mass is 405 g/mol. The largest absolute Gasteiger partial charge is 0.357 e. The summed E-state index contributed by atoms with van der Waals surface area (Å²) in [5.74, 6) is 2.04. The van der Waals surface area contributed by atoms with E-state index in [-0.39, 0.29) is 24.0 Å². The Bertz CT molecular complexity index is 665. The molecule has 2 aliphatic heterocycles. The summed E-state index contributed by atoms with van der Waals surface area (Å²) in [5, 5.41) is 9.42. The van der Waals surface area contributed by atoms with Gasteiger partial charge < -0.3 is 20.9 Å². The smallest absolute Gasteiger partial charge is 0.315 e. The number of unbranched alkanes of at least 4 members (excludes halogenated alkanes) is 1. The number of carbonyl (C=O) groups is 2. The van der Waals surface area contributed by atoms with Crippen molar-refractivity contribution in [2.45, 2.75) is 63.4 Å². The Morgan fingerprint density at radius 1 is 1.29 bits per heavy atom. The van der Waals surface area contributed by atoms with E-state index in [0.29, 0.717) is 18.2 Å². The maximum absolute atomic E-state index is 12.1. The molecule has 1 aromatic heterocycles. The van der Waals surface area contributed by atoms with Crippen molar-refractivity contribution in [3.8, 4) is 0 Å². The molecule has 28 heavy (non-hydrogen) atoms. The van der Waals surface area contributed by atoms with Crippen molar-refractivity contribution in [1.82, 2.24) is 20.9 Å². The number of anilines is 1. The standard InChI is InChI=1S/C20H31N5O2S/c1-3-25(4-2)17-10-9-14(11-21-17)12-22-18(26)8-6-5-7-16-19-15(13-28-16)23-20(27)24-19/h9-11,15-16,19H,3-8,12-13H2,1-2H3,(H,22,26)(H2,23,24,27)/t15-,16-,19-/m0/s1. The molecule has 0 spiro atoms. The second-order valence-corrected chi connectivity index (χ2v) is 8.61. The Hall–Kier alpha value is -1.96. The van der Waals surface area contributed by atoms with Gasteiger partial charge in [0.15, 0.2) is 0 Å². The lowest BCUT2D eigenvalue weighted by Crippen LogP contribution is -2.36. The van der Waals surface area contributed by atoms with Gasteiger partial charge in [-0.2, -0.15) is 11.8 Å². The van der Waals surface area contributed by atoms with E-state index in [4.69, 9.17) is 0 Å². The van der Waals surface area contributed by atoms with Gasteiger partial charge in [0.1, 0.15) is 5.82 Å². The molecule has 3 amide bonds. The topological polar surface area (TPSA) is 86.4 Å². The molecular formula is C20H31N5O2S. The van der Waals surface area contributed by atoms with Crippen LogP contribution in [0.2, 0.25) is 0 Å². The maximum atomic E-state index is 12.1. The molecule has 0 saturated carbocycles. The number of pyridine rings is 1. The highest BCUT2D eigenvalue weighted by Gasteiger charge is 2.42. The minimum absolute atomic E-state index is 0.0423. The van der Waals surface area contributed by atoms with Gasteiger partial charge in [-0.25, -0.2) is 9.78 Å². The van der Waals surface area contributed by atoms with E-state index in [1.807, 2.05) is 30.1 Å². The molecule has 2 fully saturated rings. The molecule has 3 rings (SSSR count). The molecule has 3 heterocycles. The van der Waals surface area contributed by atoms with Crippen LogP contribution in [0.4, 0.5) is 10.6 Å². The van der Waals surface area contributed by atoms with Crippen LogP contribution in [0, 0.1) is 0 Å². The first-order valence-corrected chi connectivity index (χ1v) is 11.3. The SMILES string of the molecule is CCN(CC)c1ccc(CNC(=O)CCCC[C@@H]2SC[C@@H]3NC(=O)N[C@@H]32)cn1. The van der Waals surface area contributed by atoms with Crippen molar-refractivity contribution in [3.05, 3.63) is 23.9 Å². The molecule has 8 heteroatoms. The van der Waals surface area contributed by atoms with E-state index in [2.05, 4.69) is 39.7 Å². The highest BCUT2D eigenvalue weighted by Crippen LogP contribution is 2.33. The number of hydrogen-bond acceptors (Lipinski definition) is 5. The molecule has 3 N–H and O–H groups in total. The van der Waals surface area contributed by atoms with E-state index in [1.165, 1.54) is 0 Å². The number of nitrogens with zero attached hydrogens (tertiary/aromatic N) is 2. The van der Waals surface area contributed by atoms with Crippen molar-refractivity contribution in [3.63, 3.8) is 0 Å². The Balaban J connectivity index is 1.31. The van der Waals surface area contributed by atoms with Gasteiger partial charge in [-0.1, -0.05) is 12.5 Å². The van der Waals surface area contributed by atoms with Gasteiger partial charge in [0, 0.05) is 43.3 Å². The lowest BCUT2D eigenvalue weighted by Gasteiger charge is -2.19. The molecule has 3 atom stereocenters. The summed E-state index contributed by atoms with van der Waals surface area (Å²) in [4.78, 5) is 30.2. The number of hydrogen-bond donors (Lipinski definition) is 3. The lowest BCUT2D eigenvalue weighted by molar-refractivity contribution is -0.121. The van der Waals surface area contributed by atoms with Gasteiger partial charge in [0.25, 0.3) is 0 Å². The highest BCUT2D eigenvalue weighted by atomic mass is 32.2. The number of nitrogens with one attached hydrogen (secondary N) is 3. The molecule has 0 aromatic carbocycles. The maximum Gasteiger partial charge on any atom is 0.315 e. The minimum atomic E-state index is -0.0423. The Labute approximate surface area is 171 Å². The quantitative estimate of drug-likeness (QED) is 0.411. The first-order valence-electron chi connectivity index (χ1n) is 10.3. The van der Waals surface area contributed by atoms with Gasteiger partial charge in [-0.15, -0.1) is 0 Å². The van der Waals surface area contributed by atoms with E-state index >= 15 is 0 Å². The van der Waals surface area contributed by atoms with Gasteiger partial charge in [-0.05, 0) is 38.3 Å². The second kappa shape index (κ2) is 10.0. The molecule has 0 aliphatic carbocycles. The average Bonchev–Trinajstić information content (AvgIpc) is 3.25. The average molecular weight is 406 g/mol. The number of carbonyl (C=O) groups excluding carboxylic acids is 2. The van der Waals surface area contributed by atoms with E-state index in [0.717, 1.165) is 49.5 Å². The number of aromatic nitrogens is 1. The van der Waals surface area contributed by atoms with Crippen molar-refractivity contribution >= 4 is 29.5 Å². The normalized spacial score (nSPS) is 23.1. The van der Waals surface area contributed by atoms with Crippen LogP contribution in [0.5, 0.6) is 0 Å². The van der Waals surface area contributed by atoms with Crippen molar-refractivity contribution in [2.75, 3.05) is 23.7 Å². The summed E-state index contributed by atoms with van der Waals surface area (Å²) in [7, 11) is 0. The van der Waals surface area contributed by atoms with Crippen LogP contribution in [0.1, 0.15) is 45.1 Å². The van der Waals surface area contributed by atoms with Gasteiger partial charge in [0.2, 0.25) is 5.91 Å². The van der Waals surface area contributed by atoms with Gasteiger partial charge in [0.05, 0.1) is 12.1 Å². The summed E-state index contributed by atoms with van der Waals surface area (Å²) in [6.07, 6.45) is 5.30. The summed E-state index contributed by atoms with van der Waals surface area (Å²) in [5.41, 5.74) is 1.02. The zero-order valence-electron chi connectivity index (χ0n) is 16.7. The van der Waals surface area contributed by atoms with E-state index in [1.54, 1.807) is 0 Å². The zero-order chi connectivity index (χ0) is 19.9. The van der Waals surface area contributed by atoms with Crippen LogP contribution in [-0.4, -0.2) is 53.1 Å². The third-order valence-electron chi connectivity index (χ3n) is 5.47. The zero-order valence-corrected chi connectivity index (χ0v) is 17.6. The fourth-order valence-corrected chi connectivity index (χ4v) is 5.36. The first-order chi connectivity index (χ1) is 13.6. The number of thioether (sulfide) groups is 1. The van der Waals surface area contributed by atoms with Crippen LogP contribution < -0.4 is 20.9 Å². The summed E-state index contributed by atoms with van der Waals surface area (Å²) in [6, 6.07) is 4.51.